The van der Waals surface area contributed by atoms with Gasteiger partial charge in [-0.15, -0.1) is 11.3 Å². The van der Waals surface area contributed by atoms with Crippen molar-refractivity contribution < 1.29 is 0 Å². The van der Waals surface area contributed by atoms with E-state index in [2.05, 4.69) is 28.6 Å². The normalized spacial score (nSPS) is 22.6. The molecule has 1 aliphatic heterocycles. The van der Waals surface area contributed by atoms with E-state index < -0.39 is 0 Å². The van der Waals surface area contributed by atoms with E-state index in [0.29, 0.717) is 4.47 Å². The van der Waals surface area contributed by atoms with Crippen molar-refractivity contribution in [2.45, 2.75) is 38.0 Å². The molecule has 1 aromatic rings. The van der Waals surface area contributed by atoms with Crippen molar-refractivity contribution in [3.8, 4) is 0 Å². The van der Waals surface area contributed by atoms with Gasteiger partial charge in [0.1, 0.15) is 0 Å². The van der Waals surface area contributed by atoms with Gasteiger partial charge < -0.3 is 0 Å². The number of nitrogens with zero attached hydrogens (tertiary/aromatic N) is 2. The van der Waals surface area contributed by atoms with Crippen LogP contribution in [-0.2, 0) is 6.54 Å². The molecule has 1 unspecified atom stereocenters. The summed E-state index contributed by atoms with van der Waals surface area (Å²) >= 11 is 9.59. The highest BCUT2D eigenvalue weighted by molar-refractivity contribution is 7.99. The van der Waals surface area contributed by atoms with Gasteiger partial charge in [-0.1, -0.05) is 24.9 Å². The van der Waals surface area contributed by atoms with Gasteiger partial charge in [-0.2, -0.15) is 11.8 Å². The van der Waals surface area contributed by atoms with Crippen LogP contribution in [0.25, 0.3) is 0 Å². The maximum Gasteiger partial charge on any atom is 0.183 e. The summed E-state index contributed by atoms with van der Waals surface area (Å²) in [4.78, 5) is 7.96. The van der Waals surface area contributed by atoms with Crippen molar-refractivity contribution in [1.29, 1.82) is 0 Å². The average molecular weight is 291 g/mol. The number of thioether (sulfide) groups is 1. The third kappa shape index (κ3) is 4.43. The van der Waals surface area contributed by atoms with Crippen LogP contribution in [-0.4, -0.2) is 34.0 Å². The average Bonchev–Trinajstić information content (AvgIpc) is 2.58. The van der Waals surface area contributed by atoms with Crippen LogP contribution < -0.4 is 0 Å². The van der Waals surface area contributed by atoms with Gasteiger partial charge in [0, 0.05) is 29.4 Å². The quantitative estimate of drug-likeness (QED) is 0.836. The van der Waals surface area contributed by atoms with E-state index >= 15 is 0 Å². The molecule has 17 heavy (non-hydrogen) atoms. The molecule has 0 spiro atoms. The SMILES string of the molecule is CCSC1CCCCN(Cc2cnc(Cl)s2)C1. The Balaban J connectivity index is 1.90. The molecule has 2 heterocycles. The predicted molar refractivity (Wildman–Crippen MR) is 78.2 cm³/mol. The van der Waals surface area contributed by atoms with Crippen molar-refractivity contribution in [3.05, 3.63) is 15.5 Å². The van der Waals surface area contributed by atoms with Gasteiger partial charge >= 0.3 is 0 Å². The smallest absolute Gasteiger partial charge is 0.183 e. The second-order valence-electron chi connectivity index (χ2n) is 4.39. The molecule has 0 bridgehead atoms. The van der Waals surface area contributed by atoms with E-state index in [-0.39, 0.29) is 0 Å². The summed E-state index contributed by atoms with van der Waals surface area (Å²) < 4.78 is 0.661. The topological polar surface area (TPSA) is 16.1 Å². The molecule has 2 nitrogen and oxygen atoms in total. The number of hydrogen-bond acceptors (Lipinski definition) is 4. The van der Waals surface area contributed by atoms with Crippen LogP contribution in [0.1, 0.15) is 31.1 Å². The minimum atomic E-state index is 0.661. The Morgan fingerprint density at radius 3 is 3.18 bits per heavy atom. The molecular weight excluding hydrogens is 272 g/mol. The lowest BCUT2D eigenvalue weighted by Crippen LogP contribution is -2.29. The fourth-order valence-electron chi connectivity index (χ4n) is 2.27. The Bertz CT molecular complexity index is 343. The van der Waals surface area contributed by atoms with Crippen LogP contribution in [0.15, 0.2) is 6.20 Å². The molecule has 0 aromatic carbocycles. The molecule has 1 atom stereocenters. The van der Waals surface area contributed by atoms with Gasteiger partial charge in [0.15, 0.2) is 4.47 Å². The number of rotatable bonds is 4. The zero-order valence-electron chi connectivity index (χ0n) is 10.2. The van der Waals surface area contributed by atoms with E-state index in [4.69, 9.17) is 11.6 Å². The lowest BCUT2D eigenvalue weighted by Gasteiger charge is -2.22. The largest absolute Gasteiger partial charge is 0.297 e. The van der Waals surface area contributed by atoms with Gasteiger partial charge in [0.05, 0.1) is 0 Å². The number of hydrogen-bond donors (Lipinski definition) is 0. The lowest BCUT2D eigenvalue weighted by atomic mass is 10.2. The predicted octanol–water partition coefficient (Wildman–Crippen LogP) is 3.90. The first kappa shape index (κ1) is 13.7. The van der Waals surface area contributed by atoms with Crippen molar-refractivity contribution in [3.63, 3.8) is 0 Å². The Morgan fingerprint density at radius 1 is 1.59 bits per heavy atom. The lowest BCUT2D eigenvalue weighted by molar-refractivity contribution is 0.282. The Hall–Kier alpha value is 0.230. The number of thiazole rings is 1. The summed E-state index contributed by atoms with van der Waals surface area (Å²) in [5.41, 5.74) is 0. The van der Waals surface area contributed by atoms with Crippen LogP contribution >= 0.6 is 34.7 Å². The van der Waals surface area contributed by atoms with Crippen molar-refractivity contribution >= 4 is 34.7 Å². The van der Waals surface area contributed by atoms with Crippen LogP contribution in [0.3, 0.4) is 0 Å². The fourth-order valence-corrected chi connectivity index (χ4v) is 4.41. The standard InChI is InChI=1S/C12H19ClN2S2/c1-2-16-10-5-3-4-6-15(8-10)9-11-7-14-12(13)17-11/h7,10H,2-6,8-9H2,1H3. The van der Waals surface area contributed by atoms with Gasteiger partial charge in [-0.3, -0.25) is 4.90 Å². The van der Waals surface area contributed by atoms with Crippen molar-refractivity contribution in [2.24, 2.45) is 0 Å². The minimum Gasteiger partial charge on any atom is -0.297 e. The van der Waals surface area contributed by atoms with Crippen LogP contribution in [0.2, 0.25) is 4.47 Å². The molecule has 0 radical (unpaired) electrons. The molecule has 0 N–H and O–H groups in total. The zero-order chi connectivity index (χ0) is 12.1. The second-order valence-corrected chi connectivity index (χ2v) is 7.66. The monoisotopic (exact) mass is 290 g/mol. The highest BCUT2D eigenvalue weighted by Crippen LogP contribution is 2.25. The highest BCUT2D eigenvalue weighted by Gasteiger charge is 2.18. The summed E-state index contributed by atoms with van der Waals surface area (Å²) in [6, 6.07) is 0. The molecule has 2 rings (SSSR count). The Labute approximate surface area is 117 Å². The van der Waals surface area contributed by atoms with Crippen LogP contribution in [0.5, 0.6) is 0 Å². The molecular formula is C12H19ClN2S2. The van der Waals surface area contributed by atoms with Gasteiger partial charge in [0.2, 0.25) is 0 Å². The first-order chi connectivity index (χ1) is 8.28. The molecule has 0 saturated carbocycles. The molecule has 1 aromatic heterocycles. The molecule has 5 heteroatoms. The third-order valence-corrected chi connectivity index (χ3v) is 5.31. The molecule has 1 saturated heterocycles. The van der Waals surface area contributed by atoms with E-state index in [1.807, 2.05) is 6.20 Å². The van der Waals surface area contributed by atoms with E-state index in [9.17, 15) is 0 Å². The third-order valence-electron chi connectivity index (χ3n) is 3.02. The summed E-state index contributed by atoms with van der Waals surface area (Å²) in [5.74, 6) is 1.23. The maximum atomic E-state index is 5.87. The summed E-state index contributed by atoms with van der Waals surface area (Å²) in [7, 11) is 0. The molecule has 0 aliphatic carbocycles. The summed E-state index contributed by atoms with van der Waals surface area (Å²) in [6.45, 7) is 5.71. The molecule has 1 aliphatic rings. The van der Waals surface area contributed by atoms with E-state index in [1.165, 1.54) is 43.0 Å². The van der Waals surface area contributed by atoms with Crippen LogP contribution in [0, 0.1) is 0 Å². The Morgan fingerprint density at radius 2 is 2.47 bits per heavy atom. The summed E-state index contributed by atoms with van der Waals surface area (Å²) in [6.07, 6.45) is 5.99. The van der Waals surface area contributed by atoms with Gasteiger partial charge in [-0.25, -0.2) is 4.98 Å². The molecule has 0 amide bonds. The fraction of sp³-hybridized carbons (Fsp3) is 0.750. The van der Waals surface area contributed by atoms with Crippen LogP contribution in [0.4, 0.5) is 0 Å². The molecule has 96 valence electrons. The molecule has 1 fully saturated rings. The van der Waals surface area contributed by atoms with Gasteiger partial charge in [0.25, 0.3) is 0 Å². The number of likely N-dealkylation sites (tertiary alicyclic amines) is 1. The first-order valence-corrected chi connectivity index (χ1v) is 8.46. The number of halogens is 1. The second kappa shape index (κ2) is 6.98. The number of aromatic nitrogens is 1. The zero-order valence-corrected chi connectivity index (χ0v) is 12.6. The summed E-state index contributed by atoms with van der Waals surface area (Å²) in [5, 5.41) is 0.811. The van der Waals surface area contributed by atoms with Crippen molar-refractivity contribution in [1.82, 2.24) is 9.88 Å². The minimum absolute atomic E-state index is 0.661. The highest BCUT2D eigenvalue weighted by atomic mass is 35.5. The van der Waals surface area contributed by atoms with Crippen molar-refractivity contribution in [2.75, 3.05) is 18.8 Å². The maximum absolute atomic E-state index is 5.87. The van der Waals surface area contributed by atoms with E-state index in [0.717, 1.165) is 11.8 Å². The Kier molecular flexibility index (Phi) is 5.60. The van der Waals surface area contributed by atoms with E-state index in [1.54, 1.807) is 11.3 Å². The van der Waals surface area contributed by atoms with Gasteiger partial charge in [-0.05, 0) is 25.1 Å². The first-order valence-electron chi connectivity index (χ1n) is 6.22.